The van der Waals surface area contributed by atoms with Crippen LogP contribution in [0.4, 0.5) is 15.8 Å². The molecule has 0 aliphatic carbocycles. The molecule has 2 aromatic carbocycles. The summed E-state index contributed by atoms with van der Waals surface area (Å²) in [7, 11) is 1.55. The first-order valence-corrected chi connectivity index (χ1v) is 6.36. The molecule has 0 fully saturated rings. The van der Waals surface area contributed by atoms with Crippen LogP contribution in [0.2, 0.25) is 0 Å². The Hall–Kier alpha value is -2.63. The van der Waals surface area contributed by atoms with E-state index in [1.807, 2.05) is 12.1 Å². The van der Waals surface area contributed by atoms with Gasteiger partial charge in [-0.3, -0.25) is 10.1 Å². The predicted molar refractivity (Wildman–Crippen MR) is 78.1 cm³/mol. The highest BCUT2D eigenvalue weighted by atomic mass is 19.1. The molecule has 0 heterocycles. The molecular weight excluding hydrogens is 275 g/mol. The predicted octanol–water partition coefficient (Wildman–Crippen LogP) is 3.92. The summed E-state index contributed by atoms with van der Waals surface area (Å²) in [6.07, 6.45) is 0. The van der Waals surface area contributed by atoms with Crippen LogP contribution in [-0.4, -0.2) is 12.0 Å². The van der Waals surface area contributed by atoms with E-state index in [0.29, 0.717) is 5.75 Å². The van der Waals surface area contributed by atoms with Crippen molar-refractivity contribution in [2.24, 2.45) is 0 Å². The first-order valence-electron chi connectivity index (χ1n) is 6.36. The molecule has 110 valence electrons. The third kappa shape index (κ3) is 3.28. The fourth-order valence-corrected chi connectivity index (χ4v) is 2.02. The fraction of sp³-hybridized carbons (Fsp3) is 0.200. The van der Waals surface area contributed by atoms with Crippen molar-refractivity contribution in [3.63, 3.8) is 0 Å². The minimum Gasteiger partial charge on any atom is -0.497 e. The Labute approximate surface area is 121 Å². The Balaban J connectivity index is 2.31. The third-order valence-corrected chi connectivity index (χ3v) is 3.14. The van der Waals surface area contributed by atoms with Crippen LogP contribution in [0, 0.1) is 15.9 Å². The summed E-state index contributed by atoms with van der Waals surface area (Å²) in [4.78, 5) is 10.4. The van der Waals surface area contributed by atoms with E-state index in [1.165, 1.54) is 18.2 Å². The monoisotopic (exact) mass is 290 g/mol. The number of hydrogen-bond donors (Lipinski definition) is 1. The Morgan fingerprint density at radius 2 is 2.00 bits per heavy atom. The highest BCUT2D eigenvalue weighted by molar-refractivity contribution is 5.63. The molecule has 0 amide bonds. The summed E-state index contributed by atoms with van der Waals surface area (Å²) < 4.78 is 19.0. The molecule has 0 aliphatic heterocycles. The zero-order valence-electron chi connectivity index (χ0n) is 11.7. The van der Waals surface area contributed by atoms with Gasteiger partial charge in [0.25, 0.3) is 5.69 Å². The van der Waals surface area contributed by atoms with E-state index in [9.17, 15) is 14.5 Å². The molecule has 0 spiro atoms. The lowest BCUT2D eigenvalue weighted by molar-refractivity contribution is -0.384. The van der Waals surface area contributed by atoms with E-state index >= 15 is 0 Å². The van der Waals surface area contributed by atoms with Crippen molar-refractivity contribution in [1.29, 1.82) is 0 Å². The molecule has 0 radical (unpaired) electrons. The summed E-state index contributed by atoms with van der Waals surface area (Å²) >= 11 is 0. The lowest BCUT2D eigenvalue weighted by Gasteiger charge is -2.16. The molecule has 1 atom stereocenters. The second kappa shape index (κ2) is 6.21. The zero-order valence-corrected chi connectivity index (χ0v) is 11.7. The van der Waals surface area contributed by atoms with E-state index in [-0.39, 0.29) is 17.4 Å². The first kappa shape index (κ1) is 14.8. The zero-order chi connectivity index (χ0) is 15.4. The van der Waals surface area contributed by atoms with Crippen LogP contribution in [0.3, 0.4) is 0 Å². The number of hydrogen-bond acceptors (Lipinski definition) is 4. The van der Waals surface area contributed by atoms with Crippen LogP contribution in [0.5, 0.6) is 5.75 Å². The largest absolute Gasteiger partial charge is 0.497 e. The van der Waals surface area contributed by atoms with E-state index in [4.69, 9.17) is 4.74 Å². The van der Waals surface area contributed by atoms with Crippen molar-refractivity contribution in [2.75, 3.05) is 12.4 Å². The average Bonchev–Trinajstić information content (AvgIpc) is 2.49. The standard InChI is InChI=1S/C15H15FN2O3/c1-10(11-5-3-6-12(9-11)21-2)17-15-13(16)7-4-8-14(15)18(19)20/h3-10,17H,1-2H3. The minimum absolute atomic E-state index is 0.113. The topological polar surface area (TPSA) is 64.4 Å². The highest BCUT2D eigenvalue weighted by Crippen LogP contribution is 2.31. The molecule has 0 aliphatic rings. The molecule has 6 heteroatoms. The Morgan fingerprint density at radius 1 is 1.29 bits per heavy atom. The molecule has 0 saturated heterocycles. The van der Waals surface area contributed by atoms with Gasteiger partial charge in [0, 0.05) is 12.1 Å². The molecule has 2 rings (SSSR count). The van der Waals surface area contributed by atoms with Gasteiger partial charge in [-0.05, 0) is 30.7 Å². The number of ether oxygens (including phenoxy) is 1. The maximum atomic E-state index is 13.8. The van der Waals surface area contributed by atoms with E-state index in [2.05, 4.69) is 5.32 Å². The number of methoxy groups -OCH3 is 1. The van der Waals surface area contributed by atoms with Gasteiger partial charge in [0.1, 0.15) is 11.4 Å². The van der Waals surface area contributed by atoms with Crippen LogP contribution in [0.25, 0.3) is 0 Å². The summed E-state index contributed by atoms with van der Waals surface area (Å²) in [5, 5.41) is 13.8. The van der Waals surface area contributed by atoms with Crippen LogP contribution in [0.15, 0.2) is 42.5 Å². The van der Waals surface area contributed by atoms with Gasteiger partial charge in [0.15, 0.2) is 5.82 Å². The van der Waals surface area contributed by atoms with Crippen LogP contribution >= 0.6 is 0 Å². The maximum Gasteiger partial charge on any atom is 0.295 e. The van der Waals surface area contributed by atoms with Gasteiger partial charge in [-0.1, -0.05) is 18.2 Å². The number of nitrogens with one attached hydrogen (secondary N) is 1. The first-order chi connectivity index (χ1) is 10.0. The minimum atomic E-state index is -0.654. The Kier molecular flexibility index (Phi) is 4.37. The van der Waals surface area contributed by atoms with Crippen molar-refractivity contribution in [2.45, 2.75) is 13.0 Å². The van der Waals surface area contributed by atoms with Crippen molar-refractivity contribution < 1.29 is 14.1 Å². The average molecular weight is 290 g/mol. The summed E-state index contributed by atoms with van der Waals surface area (Å²) in [5.74, 6) is 0.0168. The number of benzene rings is 2. The van der Waals surface area contributed by atoms with Gasteiger partial charge in [0.05, 0.1) is 12.0 Å². The SMILES string of the molecule is COc1cccc(C(C)Nc2c(F)cccc2[N+](=O)[O-])c1. The summed E-state index contributed by atoms with van der Waals surface area (Å²) in [6, 6.07) is 10.7. The maximum absolute atomic E-state index is 13.8. The normalized spacial score (nSPS) is 11.8. The smallest absolute Gasteiger partial charge is 0.295 e. The van der Waals surface area contributed by atoms with Crippen LogP contribution < -0.4 is 10.1 Å². The highest BCUT2D eigenvalue weighted by Gasteiger charge is 2.20. The van der Waals surface area contributed by atoms with Gasteiger partial charge in [0.2, 0.25) is 0 Å². The van der Waals surface area contributed by atoms with E-state index in [0.717, 1.165) is 5.56 Å². The van der Waals surface area contributed by atoms with Gasteiger partial charge >= 0.3 is 0 Å². The number of anilines is 1. The number of para-hydroxylation sites is 1. The van der Waals surface area contributed by atoms with E-state index in [1.54, 1.807) is 26.2 Å². The van der Waals surface area contributed by atoms with Gasteiger partial charge in [-0.2, -0.15) is 0 Å². The molecule has 1 unspecified atom stereocenters. The van der Waals surface area contributed by atoms with Crippen molar-refractivity contribution in [1.82, 2.24) is 0 Å². The second-order valence-electron chi connectivity index (χ2n) is 4.53. The molecule has 0 bridgehead atoms. The fourth-order valence-electron chi connectivity index (χ4n) is 2.02. The number of rotatable bonds is 5. The van der Waals surface area contributed by atoms with Crippen LogP contribution in [0.1, 0.15) is 18.5 Å². The molecule has 1 N–H and O–H groups in total. The van der Waals surface area contributed by atoms with Crippen molar-refractivity contribution in [3.05, 3.63) is 64.0 Å². The lowest BCUT2D eigenvalue weighted by Crippen LogP contribution is -2.10. The number of halogens is 1. The Morgan fingerprint density at radius 3 is 2.67 bits per heavy atom. The van der Waals surface area contributed by atoms with Crippen molar-refractivity contribution in [3.8, 4) is 5.75 Å². The second-order valence-corrected chi connectivity index (χ2v) is 4.53. The van der Waals surface area contributed by atoms with Crippen LogP contribution in [-0.2, 0) is 0 Å². The number of nitro benzene ring substituents is 1. The summed E-state index contributed by atoms with van der Waals surface area (Å²) in [5.41, 5.74) is 0.439. The molecular formula is C15H15FN2O3. The number of nitro groups is 1. The molecule has 2 aromatic rings. The number of nitrogens with zero attached hydrogens (tertiary/aromatic N) is 1. The van der Waals surface area contributed by atoms with Gasteiger partial charge < -0.3 is 10.1 Å². The molecule has 21 heavy (non-hydrogen) atoms. The summed E-state index contributed by atoms with van der Waals surface area (Å²) in [6.45, 7) is 1.80. The third-order valence-electron chi connectivity index (χ3n) is 3.14. The van der Waals surface area contributed by atoms with Gasteiger partial charge in [-0.25, -0.2) is 4.39 Å². The van der Waals surface area contributed by atoms with E-state index < -0.39 is 10.7 Å². The quantitative estimate of drug-likeness (QED) is 0.669. The Bertz CT molecular complexity index is 661. The molecule has 0 saturated carbocycles. The van der Waals surface area contributed by atoms with Crippen molar-refractivity contribution >= 4 is 11.4 Å². The lowest BCUT2D eigenvalue weighted by atomic mass is 10.1. The molecule has 5 nitrogen and oxygen atoms in total. The van der Waals surface area contributed by atoms with Gasteiger partial charge in [-0.15, -0.1) is 0 Å². The molecule has 0 aromatic heterocycles.